The summed E-state index contributed by atoms with van der Waals surface area (Å²) in [5.74, 6) is 0.770. The molecule has 0 aliphatic carbocycles. The summed E-state index contributed by atoms with van der Waals surface area (Å²) in [6, 6.07) is 17.1. The van der Waals surface area contributed by atoms with Crippen molar-refractivity contribution in [3.8, 4) is 5.75 Å². The van der Waals surface area contributed by atoms with E-state index in [1.807, 2.05) is 18.2 Å². The molecule has 0 radical (unpaired) electrons. The van der Waals surface area contributed by atoms with Crippen LogP contribution >= 0.6 is 0 Å². The highest BCUT2D eigenvalue weighted by atomic mass is 16.5. The average Bonchev–Trinajstić information content (AvgIpc) is 2.61. The molecule has 0 amide bonds. The maximum atomic E-state index is 11.9. The van der Waals surface area contributed by atoms with E-state index in [2.05, 4.69) is 31.2 Å². The van der Waals surface area contributed by atoms with E-state index in [9.17, 15) is 4.79 Å². The van der Waals surface area contributed by atoms with Gasteiger partial charge in [-0.15, -0.1) is 0 Å². The third kappa shape index (κ3) is 5.62. The monoisotopic (exact) mass is 310 g/mol. The zero-order valence-corrected chi connectivity index (χ0v) is 13.6. The van der Waals surface area contributed by atoms with E-state index in [-0.39, 0.29) is 5.97 Å². The predicted octanol–water partition coefficient (Wildman–Crippen LogP) is 4.59. The van der Waals surface area contributed by atoms with E-state index in [0.717, 1.165) is 12.2 Å². The number of hydrogen-bond acceptors (Lipinski definition) is 3. The van der Waals surface area contributed by atoms with Crippen LogP contribution in [0.3, 0.4) is 0 Å². The molecule has 0 bridgehead atoms. The van der Waals surface area contributed by atoms with Crippen molar-refractivity contribution in [3.63, 3.8) is 0 Å². The second-order valence-electron chi connectivity index (χ2n) is 5.40. The van der Waals surface area contributed by atoms with Gasteiger partial charge in [-0.25, -0.2) is 4.79 Å². The summed E-state index contributed by atoms with van der Waals surface area (Å²) in [6.07, 6.45) is 5.03. The SMILES string of the molecule is COc1ccc(C(=O)OCCC(C)/C=C/c2ccccc2)cc1. The van der Waals surface area contributed by atoms with E-state index in [1.165, 1.54) is 5.56 Å². The van der Waals surface area contributed by atoms with Crippen molar-refractivity contribution in [1.82, 2.24) is 0 Å². The standard InChI is InChI=1S/C20H22O3/c1-16(8-9-17-6-4-3-5-7-17)14-15-23-20(21)18-10-12-19(22-2)13-11-18/h3-13,16H,14-15H2,1-2H3/b9-8+. The minimum absolute atomic E-state index is 0.299. The van der Waals surface area contributed by atoms with Crippen LogP contribution in [0, 0.1) is 5.92 Å². The fourth-order valence-corrected chi connectivity index (χ4v) is 2.08. The van der Waals surface area contributed by atoms with Gasteiger partial charge in [0.05, 0.1) is 19.3 Å². The maximum Gasteiger partial charge on any atom is 0.338 e. The third-order valence-corrected chi connectivity index (χ3v) is 3.55. The van der Waals surface area contributed by atoms with Gasteiger partial charge < -0.3 is 9.47 Å². The molecule has 0 aliphatic rings. The Labute approximate surface area is 137 Å². The Hall–Kier alpha value is -2.55. The first-order valence-corrected chi connectivity index (χ1v) is 7.73. The van der Waals surface area contributed by atoms with E-state index in [1.54, 1.807) is 31.4 Å². The normalized spacial score (nSPS) is 12.1. The Morgan fingerprint density at radius 2 is 1.78 bits per heavy atom. The molecule has 0 saturated heterocycles. The van der Waals surface area contributed by atoms with Gasteiger partial charge in [-0.2, -0.15) is 0 Å². The van der Waals surface area contributed by atoms with E-state index < -0.39 is 0 Å². The number of carbonyl (C=O) groups excluding carboxylic acids is 1. The first-order chi connectivity index (χ1) is 11.2. The highest BCUT2D eigenvalue weighted by Gasteiger charge is 2.07. The summed E-state index contributed by atoms with van der Waals surface area (Å²) in [4.78, 5) is 11.9. The summed E-state index contributed by atoms with van der Waals surface area (Å²) in [5, 5.41) is 0. The lowest BCUT2D eigenvalue weighted by Gasteiger charge is -2.08. The summed E-state index contributed by atoms with van der Waals surface area (Å²) >= 11 is 0. The molecule has 2 aromatic rings. The van der Waals surface area contributed by atoms with Crippen molar-refractivity contribution in [2.75, 3.05) is 13.7 Å². The van der Waals surface area contributed by atoms with Crippen molar-refractivity contribution >= 4 is 12.0 Å². The van der Waals surface area contributed by atoms with Crippen molar-refractivity contribution < 1.29 is 14.3 Å². The van der Waals surface area contributed by atoms with Gasteiger partial charge in [0.15, 0.2) is 0 Å². The van der Waals surface area contributed by atoms with Crippen molar-refractivity contribution in [1.29, 1.82) is 0 Å². The molecular weight excluding hydrogens is 288 g/mol. The van der Waals surface area contributed by atoms with Gasteiger partial charge in [0.1, 0.15) is 5.75 Å². The van der Waals surface area contributed by atoms with Gasteiger partial charge in [0, 0.05) is 0 Å². The van der Waals surface area contributed by atoms with E-state index in [4.69, 9.17) is 9.47 Å². The van der Waals surface area contributed by atoms with Crippen LogP contribution in [0.15, 0.2) is 60.7 Å². The molecule has 3 heteroatoms. The highest BCUT2D eigenvalue weighted by molar-refractivity contribution is 5.89. The van der Waals surface area contributed by atoms with Crippen LogP contribution in [-0.2, 0) is 4.74 Å². The van der Waals surface area contributed by atoms with E-state index in [0.29, 0.717) is 18.1 Å². The molecule has 0 spiro atoms. The fourth-order valence-electron chi connectivity index (χ4n) is 2.08. The highest BCUT2D eigenvalue weighted by Crippen LogP contribution is 2.13. The van der Waals surface area contributed by atoms with Crippen LogP contribution < -0.4 is 4.74 Å². The van der Waals surface area contributed by atoms with Crippen LogP contribution in [0.5, 0.6) is 5.75 Å². The molecule has 2 rings (SSSR count). The maximum absolute atomic E-state index is 11.9. The Bertz CT molecular complexity index is 630. The lowest BCUT2D eigenvalue weighted by Crippen LogP contribution is -2.08. The van der Waals surface area contributed by atoms with Crippen LogP contribution in [0.4, 0.5) is 0 Å². The molecule has 120 valence electrons. The average molecular weight is 310 g/mol. The third-order valence-electron chi connectivity index (χ3n) is 3.55. The molecule has 1 atom stereocenters. The van der Waals surface area contributed by atoms with Gasteiger partial charge in [0.2, 0.25) is 0 Å². The summed E-state index contributed by atoms with van der Waals surface area (Å²) in [7, 11) is 1.59. The lowest BCUT2D eigenvalue weighted by atomic mass is 10.1. The number of methoxy groups -OCH3 is 1. The zero-order valence-electron chi connectivity index (χ0n) is 13.6. The Morgan fingerprint density at radius 3 is 2.43 bits per heavy atom. The lowest BCUT2D eigenvalue weighted by molar-refractivity contribution is 0.0491. The quantitative estimate of drug-likeness (QED) is 0.702. The Kier molecular flexibility index (Phi) is 6.42. The van der Waals surface area contributed by atoms with Crippen LogP contribution in [0.25, 0.3) is 6.08 Å². The molecule has 0 fully saturated rings. The number of carbonyl (C=O) groups is 1. The summed E-state index contributed by atoms with van der Waals surface area (Å²) < 4.78 is 10.4. The number of ether oxygens (including phenoxy) is 2. The molecule has 3 nitrogen and oxygen atoms in total. The number of esters is 1. The largest absolute Gasteiger partial charge is 0.497 e. The number of benzene rings is 2. The van der Waals surface area contributed by atoms with Gasteiger partial charge in [-0.05, 0) is 42.2 Å². The first kappa shape index (κ1) is 16.8. The Balaban J connectivity index is 1.75. The minimum atomic E-state index is -0.299. The molecule has 0 aliphatic heterocycles. The van der Waals surface area contributed by atoms with Crippen molar-refractivity contribution in [2.45, 2.75) is 13.3 Å². The fraction of sp³-hybridized carbons (Fsp3) is 0.250. The van der Waals surface area contributed by atoms with Gasteiger partial charge in [0.25, 0.3) is 0 Å². The molecule has 0 heterocycles. The molecule has 23 heavy (non-hydrogen) atoms. The predicted molar refractivity (Wildman–Crippen MR) is 92.5 cm³/mol. The molecule has 0 aromatic heterocycles. The molecule has 1 unspecified atom stereocenters. The zero-order chi connectivity index (χ0) is 16.5. The van der Waals surface area contributed by atoms with Crippen molar-refractivity contribution in [2.24, 2.45) is 5.92 Å². The smallest absolute Gasteiger partial charge is 0.338 e. The van der Waals surface area contributed by atoms with Crippen LogP contribution in [0.1, 0.15) is 29.3 Å². The summed E-state index contributed by atoms with van der Waals surface area (Å²) in [5.41, 5.74) is 1.72. The van der Waals surface area contributed by atoms with Crippen LogP contribution in [-0.4, -0.2) is 19.7 Å². The molecule has 0 saturated carbocycles. The Morgan fingerprint density at radius 1 is 1.09 bits per heavy atom. The van der Waals surface area contributed by atoms with Crippen LogP contribution in [0.2, 0.25) is 0 Å². The minimum Gasteiger partial charge on any atom is -0.497 e. The molecular formula is C20H22O3. The van der Waals surface area contributed by atoms with E-state index >= 15 is 0 Å². The van der Waals surface area contributed by atoms with Gasteiger partial charge in [-0.1, -0.05) is 49.4 Å². The van der Waals surface area contributed by atoms with Gasteiger partial charge >= 0.3 is 5.97 Å². The number of allylic oxidation sites excluding steroid dienone is 1. The molecule has 2 aromatic carbocycles. The summed E-state index contributed by atoms with van der Waals surface area (Å²) in [6.45, 7) is 2.52. The molecule has 0 N–H and O–H groups in total. The number of rotatable bonds is 7. The second kappa shape index (κ2) is 8.79. The topological polar surface area (TPSA) is 35.5 Å². The number of hydrogen-bond donors (Lipinski definition) is 0. The second-order valence-corrected chi connectivity index (χ2v) is 5.40. The van der Waals surface area contributed by atoms with Gasteiger partial charge in [-0.3, -0.25) is 0 Å². The van der Waals surface area contributed by atoms with Crippen molar-refractivity contribution in [3.05, 3.63) is 71.8 Å². The first-order valence-electron chi connectivity index (χ1n) is 7.73.